The number of hydrogen-bond donors (Lipinski definition) is 0. The molecule has 0 bridgehead atoms. The molecule has 2 aromatic carbocycles. The normalized spacial score (nSPS) is 10.8. The Balaban J connectivity index is 0.000000390. The Morgan fingerprint density at radius 3 is 1.55 bits per heavy atom. The van der Waals surface area contributed by atoms with Gasteiger partial charge in [-0.2, -0.15) is 31.4 Å². The Labute approximate surface area is 360 Å². The lowest BCUT2D eigenvalue weighted by atomic mass is 10.0. The molecular weight excluding hydrogens is 825 g/mol. The molecule has 5 aromatic rings. The zero-order valence-corrected chi connectivity index (χ0v) is 37.4. The summed E-state index contributed by atoms with van der Waals surface area (Å²) in [5, 5.41) is 4.05. The predicted octanol–water partition coefficient (Wildman–Crippen LogP) is 14.1. The molecule has 0 saturated carbocycles. The van der Waals surface area contributed by atoms with Gasteiger partial charge in [-0.05, 0) is 101 Å². The van der Waals surface area contributed by atoms with E-state index < -0.39 is 25.7 Å². The number of halogens is 8. The van der Waals surface area contributed by atoms with Crippen molar-refractivity contribution >= 4 is 0 Å². The van der Waals surface area contributed by atoms with E-state index >= 15 is 0 Å². The van der Waals surface area contributed by atoms with E-state index in [2.05, 4.69) is 43.1 Å². The SMILES string of the molecule is CC(C)c1cc(OC(F)F)ccc1F.CC(C)c1cccc(OC(F)F)c1.CC(C)c1ccnn1C.CC(C)c1cncc(OC(F)F)c1.CCOc1cc(C(C)C)c(F)cn1. The van der Waals surface area contributed by atoms with Crippen LogP contribution in [0, 0.1) is 11.6 Å². The maximum Gasteiger partial charge on any atom is 0.387 e. The standard InChI is InChI=1S/C10H11F3O.C10H12F2O.C10H14FNO.C9H11F2NO.C7H12N2/c1-6(2)8-5-7(14-10(12)13)3-4-9(8)11;1-7(2)8-4-3-5-9(6-8)13-10(11)12;1-4-13-10-5-8(7(2)3)9(11)6-12-10;1-6(2)7-3-8(5-12-4-7)13-9(10)11;1-6(2)7-4-5-8-9(7)3/h3-6,10H,1-2H3;3-7,10H,1-2H3;5-7H,4H2,1-3H3;3-6,9H,1-2H3;4-6H,1-3H3. The Morgan fingerprint density at radius 1 is 0.548 bits per heavy atom. The van der Waals surface area contributed by atoms with Crippen molar-refractivity contribution in [3.63, 3.8) is 0 Å². The van der Waals surface area contributed by atoms with Crippen LogP contribution in [0.15, 0.2) is 85.5 Å². The maximum absolute atomic E-state index is 13.1. The van der Waals surface area contributed by atoms with Crippen molar-refractivity contribution in [1.29, 1.82) is 0 Å². The van der Waals surface area contributed by atoms with Crippen molar-refractivity contribution in [2.24, 2.45) is 7.05 Å². The van der Waals surface area contributed by atoms with E-state index in [-0.39, 0.29) is 40.8 Å². The molecule has 0 radical (unpaired) electrons. The number of ether oxygens (including phenoxy) is 4. The Hall–Kier alpha value is -5.41. The third-order valence-corrected chi connectivity index (χ3v) is 8.42. The second-order valence-corrected chi connectivity index (χ2v) is 15.0. The highest BCUT2D eigenvalue weighted by Gasteiger charge is 2.12. The molecule has 0 N–H and O–H groups in total. The smallest absolute Gasteiger partial charge is 0.387 e. The predicted molar refractivity (Wildman–Crippen MR) is 226 cm³/mol. The quantitative estimate of drug-likeness (QED) is 0.109. The summed E-state index contributed by atoms with van der Waals surface area (Å²) < 4.78 is 117. The molecule has 0 aliphatic rings. The van der Waals surface area contributed by atoms with Crippen molar-refractivity contribution in [2.75, 3.05) is 6.61 Å². The van der Waals surface area contributed by atoms with Crippen LogP contribution >= 0.6 is 0 Å². The second kappa shape index (κ2) is 28.2. The Morgan fingerprint density at radius 2 is 1.08 bits per heavy atom. The van der Waals surface area contributed by atoms with Crippen LogP contribution in [-0.2, 0) is 7.05 Å². The number of rotatable bonds is 13. The van der Waals surface area contributed by atoms with E-state index in [0.29, 0.717) is 35.4 Å². The molecule has 5 rings (SSSR count). The van der Waals surface area contributed by atoms with Crippen LogP contribution in [-0.4, -0.2) is 46.2 Å². The van der Waals surface area contributed by atoms with Crippen LogP contribution < -0.4 is 18.9 Å². The Kier molecular flexibility index (Phi) is 24.9. The summed E-state index contributed by atoms with van der Waals surface area (Å²) >= 11 is 0. The average molecular weight is 885 g/mol. The van der Waals surface area contributed by atoms with Gasteiger partial charge in [0.1, 0.15) is 28.9 Å². The first-order valence-electron chi connectivity index (χ1n) is 20.0. The van der Waals surface area contributed by atoms with Gasteiger partial charge in [0, 0.05) is 31.2 Å². The zero-order chi connectivity index (χ0) is 47.1. The van der Waals surface area contributed by atoms with E-state index in [9.17, 15) is 35.1 Å². The van der Waals surface area contributed by atoms with E-state index in [1.807, 2.05) is 78.5 Å². The van der Waals surface area contributed by atoms with Crippen LogP contribution in [0.1, 0.15) is 134 Å². The number of pyridine rings is 2. The van der Waals surface area contributed by atoms with Crippen molar-refractivity contribution < 1.29 is 54.1 Å². The van der Waals surface area contributed by atoms with Crippen LogP contribution in [0.2, 0.25) is 0 Å². The topological polar surface area (TPSA) is 80.5 Å². The molecular formula is C46H60F8N4O4. The number of aryl methyl sites for hydroxylation is 1. The summed E-state index contributed by atoms with van der Waals surface area (Å²) in [6, 6.07) is 15.7. The molecule has 0 atom stereocenters. The third kappa shape index (κ3) is 21.4. The summed E-state index contributed by atoms with van der Waals surface area (Å²) in [5.74, 6) is 1.41. The highest BCUT2D eigenvalue weighted by atomic mass is 19.3. The highest BCUT2D eigenvalue weighted by molar-refractivity contribution is 5.32. The monoisotopic (exact) mass is 884 g/mol. The van der Waals surface area contributed by atoms with Crippen molar-refractivity contribution in [3.8, 4) is 23.1 Å². The first-order chi connectivity index (χ1) is 29.0. The first kappa shape index (κ1) is 54.6. The van der Waals surface area contributed by atoms with Gasteiger partial charge in [0.05, 0.1) is 19.0 Å². The number of hydrogen-bond acceptors (Lipinski definition) is 7. The number of alkyl halides is 6. The van der Waals surface area contributed by atoms with Crippen molar-refractivity contribution in [3.05, 3.63) is 125 Å². The van der Waals surface area contributed by atoms with Gasteiger partial charge in [0.25, 0.3) is 0 Å². The van der Waals surface area contributed by atoms with Crippen LogP contribution in [0.4, 0.5) is 35.1 Å². The van der Waals surface area contributed by atoms with E-state index in [0.717, 1.165) is 17.2 Å². The fraction of sp³-hybridized carbons (Fsp3) is 0.457. The number of aromatic nitrogens is 4. The molecule has 16 heteroatoms. The molecule has 3 heterocycles. The molecule has 344 valence electrons. The van der Waals surface area contributed by atoms with Crippen molar-refractivity contribution in [2.45, 2.75) is 126 Å². The minimum Gasteiger partial charge on any atom is -0.478 e. The lowest BCUT2D eigenvalue weighted by Gasteiger charge is -2.10. The van der Waals surface area contributed by atoms with E-state index in [1.54, 1.807) is 44.3 Å². The Bertz CT molecular complexity index is 1940. The minimum absolute atomic E-state index is 0.00917. The molecule has 0 aliphatic heterocycles. The zero-order valence-electron chi connectivity index (χ0n) is 37.4. The first-order valence-corrected chi connectivity index (χ1v) is 20.0. The summed E-state index contributed by atoms with van der Waals surface area (Å²) in [7, 11) is 1.97. The molecule has 0 fully saturated rings. The van der Waals surface area contributed by atoms with Gasteiger partial charge < -0.3 is 18.9 Å². The molecule has 0 aliphatic carbocycles. The molecule has 3 aromatic heterocycles. The third-order valence-electron chi connectivity index (χ3n) is 8.42. The van der Waals surface area contributed by atoms with Crippen LogP contribution in [0.3, 0.4) is 0 Å². The van der Waals surface area contributed by atoms with Gasteiger partial charge in [-0.3, -0.25) is 9.67 Å². The lowest BCUT2D eigenvalue weighted by Crippen LogP contribution is -2.03. The van der Waals surface area contributed by atoms with E-state index in [1.165, 1.54) is 36.3 Å². The molecule has 0 amide bonds. The molecule has 62 heavy (non-hydrogen) atoms. The minimum atomic E-state index is -2.87. The molecule has 0 saturated heterocycles. The van der Waals surface area contributed by atoms with Crippen LogP contribution in [0.5, 0.6) is 23.1 Å². The van der Waals surface area contributed by atoms with Gasteiger partial charge >= 0.3 is 19.8 Å². The van der Waals surface area contributed by atoms with Crippen molar-refractivity contribution in [1.82, 2.24) is 19.7 Å². The fourth-order valence-electron chi connectivity index (χ4n) is 5.16. The summed E-state index contributed by atoms with van der Waals surface area (Å²) in [6.45, 7) is 13.7. The van der Waals surface area contributed by atoms with Gasteiger partial charge in [0.15, 0.2) is 0 Å². The summed E-state index contributed by atoms with van der Waals surface area (Å²) in [5.41, 5.74) is 4.20. The highest BCUT2D eigenvalue weighted by Crippen LogP contribution is 2.25. The fourth-order valence-corrected chi connectivity index (χ4v) is 5.16. The van der Waals surface area contributed by atoms with Gasteiger partial charge in [-0.15, -0.1) is 0 Å². The maximum atomic E-state index is 13.1. The summed E-state index contributed by atoms with van der Waals surface area (Å²) in [4.78, 5) is 7.61. The number of benzene rings is 2. The van der Waals surface area contributed by atoms with Gasteiger partial charge in [0.2, 0.25) is 5.88 Å². The molecule has 8 nitrogen and oxygen atoms in total. The van der Waals surface area contributed by atoms with E-state index in [4.69, 9.17) is 4.74 Å². The van der Waals surface area contributed by atoms with Crippen LogP contribution in [0.25, 0.3) is 0 Å². The summed E-state index contributed by atoms with van der Waals surface area (Å²) in [6.07, 6.45) is 5.96. The number of nitrogens with zero attached hydrogens (tertiary/aromatic N) is 4. The molecule has 0 unspecified atom stereocenters. The van der Waals surface area contributed by atoms with Gasteiger partial charge in [-0.25, -0.2) is 13.8 Å². The largest absolute Gasteiger partial charge is 0.478 e. The molecule has 0 spiro atoms. The average Bonchev–Trinajstić information content (AvgIpc) is 3.63. The lowest BCUT2D eigenvalue weighted by molar-refractivity contribution is -0.0507. The second-order valence-electron chi connectivity index (χ2n) is 15.0. The van der Waals surface area contributed by atoms with Gasteiger partial charge in [-0.1, -0.05) is 81.4 Å².